The zero-order chi connectivity index (χ0) is 16.0. The highest BCUT2D eigenvalue weighted by molar-refractivity contribution is 5.89. The summed E-state index contributed by atoms with van der Waals surface area (Å²) in [6.45, 7) is 9.68. The summed E-state index contributed by atoms with van der Waals surface area (Å²) in [6, 6.07) is 5.16. The number of benzene rings is 1. The Morgan fingerprint density at radius 1 is 1.29 bits per heavy atom. The minimum Gasteiger partial charge on any atom is -0.491 e. The molecule has 1 rings (SSSR count). The molecule has 0 aliphatic heterocycles. The molecule has 2 amide bonds. The maximum atomic E-state index is 11.9. The van der Waals surface area contributed by atoms with E-state index in [-0.39, 0.29) is 30.7 Å². The molecular formula is C16H26N2O3. The van der Waals surface area contributed by atoms with Crippen molar-refractivity contribution < 1.29 is 14.6 Å². The summed E-state index contributed by atoms with van der Waals surface area (Å²) in [4.78, 5) is 11.9. The average molecular weight is 294 g/mol. The van der Waals surface area contributed by atoms with Crippen LogP contribution in [0.5, 0.6) is 5.75 Å². The van der Waals surface area contributed by atoms with Gasteiger partial charge in [0.25, 0.3) is 0 Å². The largest absolute Gasteiger partial charge is 0.491 e. The molecule has 0 unspecified atom stereocenters. The number of ether oxygens (including phenoxy) is 1. The molecule has 0 aliphatic carbocycles. The third-order valence-corrected chi connectivity index (χ3v) is 3.30. The number of nitrogens with one attached hydrogen (secondary N) is 2. The molecule has 0 saturated heterocycles. The molecule has 1 aromatic rings. The van der Waals surface area contributed by atoms with E-state index in [1.165, 1.54) is 0 Å². The molecule has 1 aromatic carbocycles. The first kappa shape index (κ1) is 17.3. The lowest BCUT2D eigenvalue weighted by atomic mass is 10.1. The highest BCUT2D eigenvalue weighted by atomic mass is 16.5. The van der Waals surface area contributed by atoms with Crippen LogP contribution in [0.15, 0.2) is 18.2 Å². The van der Waals surface area contributed by atoms with E-state index in [0.29, 0.717) is 5.69 Å². The van der Waals surface area contributed by atoms with Crippen LogP contribution >= 0.6 is 0 Å². The number of rotatable bonds is 6. The minimum atomic E-state index is -0.278. The van der Waals surface area contributed by atoms with Gasteiger partial charge in [0.15, 0.2) is 0 Å². The van der Waals surface area contributed by atoms with Gasteiger partial charge in [-0.25, -0.2) is 4.79 Å². The summed E-state index contributed by atoms with van der Waals surface area (Å²) in [5, 5.41) is 14.7. The van der Waals surface area contributed by atoms with E-state index in [1.54, 1.807) is 0 Å². The normalized spacial score (nSPS) is 13.7. The Balaban J connectivity index is 2.63. The van der Waals surface area contributed by atoms with Crippen LogP contribution in [0.25, 0.3) is 0 Å². The van der Waals surface area contributed by atoms with Crippen molar-refractivity contribution in [2.45, 2.75) is 46.8 Å². The number of urea groups is 1. The Hall–Kier alpha value is -1.75. The van der Waals surface area contributed by atoms with Gasteiger partial charge >= 0.3 is 6.03 Å². The maximum absolute atomic E-state index is 11.9. The summed E-state index contributed by atoms with van der Waals surface area (Å²) in [5.74, 6) is 0.831. The first-order valence-electron chi connectivity index (χ1n) is 7.29. The molecule has 5 nitrogen and oxygen atoms in total. The van der Waals surface area contributed by atoms with Crippen LogP contribution in [0.4, 0.5) is 10.5 Å². The Morgan fingerprint density at radius 3 is 2.48 bits per heavy atom. The van der Waals surface area contributed by atoms with Crippen molar-refractivity contribution in [3.05, 3.63) is 23.8 Å². The van der Waals surface area contributed by atoms with Gasteiger partial charge < -0.3 is 20.5 Å². The number of anilines is 1. The van der Waals surface area contributed by atoms with Crippen LogP contribution in [-0.4, -0.2) is 29.9 Å². The predicted octanol–water partition coefficient (Wildman–Crippen LogP) is 2.92. The second kappa shape index (κ2) is 7.88. The van der Waals surface area contributed by atoms with E-state index in [4.69, 9.17) is 9.84 Å². The van der Waals surface area contributed by atoms with Crippen molar-refractivity contribution in [3.63, 3.8) is 0 Å². The van der Waals surface area contributed by atoms with Crippen molar-refractivity contribution in [2.24, 2.45) is 5.92 Å². The number of aliphatic hydroxyl groups excluding tert-OH is 1. The molecule has 5 heteroatoms. The van der Waals surface area contributed by atoms with Gasteiger partial charge in [0, 0.05) is 18.3 Å². The Bertz CT molecular complexity index is 475. The second-order valence-electron chi connectivity index (χ2n) is 5.69. The van der Waals surface area contributed by atoms with Gasteiger partial charge in [-0.3, -0.25) is 0 Å². The van der Waals surface area contributed by atoms with Crippen LogP contribution in [-0.2, 0) is 0 Å². The van der Waals surface area contributed by atoms with Crippen molar-refractivity contribution in [3.8, 4) is 5.75 Å². The van der Waals surface area contributed by atoms with Crippen LogP contribution in [0.2, 0.25) is 0 Å². The molecule has 0 bridgehead atoms. The van der Waals surface area contributed by atoms with Crippen molar-refractivity contribution >= 4 is 11.7 Å². The smallest absolute Gasteiger partial charge is 0.319 e. The molecule has 118 valence electrons. The third kappa shape index (κ3) is 5.63. The van der Waals surface area contributed by atoms with E-state index in [0.717, 1.165) is 11.3 Å². The number of carbonyl (C=O) groups excluding carboxylic acids is 1. The lowest BCUT2D eigenvalue weighted by molar-refractivity contribution is 0.204. The van der Waals surface area contributed by atoms with E-state index >= 15 is 0 Å². The van der Waals surface area contributed by atoms with Crippen molar-refractivity contribution in [1.82, 2.24) is 5.32 Å². The second-order valence-corrected chi connectivity index (χ2v) is 5.69. The molecule has 0 aromatic heterocycles. The summed E-state index contributed by atoms with van der Waals surface area (Å²) in [5.41, 5.74) is 1.68. The molecular weight excluding hydrogens is 268 g/mol. The Kier molecular flexibility index (Phi) is 6.49. The van der Waals surface area contributed by atoms with E-state index in [2.05, 4.69) is 10.6 Å². The minimum absolute atomic E-state index is 0.0132. The lowest BCUT2D eigenvalue weighted by Gasteiger charge is -2.20. The molecule has 0 fully saturated rings. The topological polar surface area (TPSA) is 70.6 Å². The highest BCUT2D eigenvalue weighted by Crippen LogP contribution is 2.22. The van der Waals surface area contributed by atoms with Crippen LogP contribution in [0.1, 0.15) is 33.3 Å². The van der Waals surface area contributed by atoms with Gasteiger partial charge in [-0.05, 0) is 57.4 Å². The number of hydrogen-bond acceptors (Lipinski definition) is 3. The summed E-state index contributed by atoms with van der Waals surface area (Å²) in [6.07, 6.45) is 0.117. The number of hydrogen-bond donors (Lipinski definition) is 3. The fourth-order valence-electron chi connectivity index (χ4n) is 1.79. The lowest BCUT2D eigenvalue weighted by Crippen LogP contribution is -2.40. The summed E-state index contributed by atoms with van der Waals surface area (Å²) < 4.78 is 5.66. The number of carbonyl (C=O) groups is 1. The van der Waals surface area contributed by atoms with Gasteiger partial charge in [0.05, 0.1) is 6.10 Å². The van der Waals surface area contributed by atoms with Gasteiger partial charge in [-0.15, -0.1) is 0 Å². The molecule has 0 spiro atoms. The first-order valence-corrected chi connectivity index (χ1v) is 7.29. The SMILES string of the molecule is Cc1cc(NC(=O)N[C@@H](C)[C@@H](C)CO)ccc1OC(C)C. The van der Waals surface area contributed by atoms with E-state index in [1.807, 2.05) is 52.8 Å². The van der Waals surface area contributed by atoms with E-state index < -0.39 is 0 Å². The van der Waals surface area contributed by atoms with E-state index in [9.17, 15) is 4.79 Å². The fraction of sp³-hybridized carbons (Fsp3) is 0.562. The Morgan fingerprint density at radius 2 is 1.95 bits per heavy atom. The molecule has 0 radical (unpaired) electrons. The predicted molar refractivity (Wildman–Crippen MR) is 84.8 cm³/mol. The quantitative estimate of drug-likeness (QED) is 0.755. The maximum Gasteiger partial charge on any atom is 0.319 e. The molecule has 0 heterocycles. The van der Waals surface area contributed by atoms with Gasteiger partial charge in [0.2, 0.25) is 0 Å². The van der Waals surface area contributed by atoms with Crippen molar-refractivity contribution in [1.29, 1.82) is 0 Å². The zero-order valence-corrected chi connectivity index (χ0v) is 13.4. The van der Waals surface area contributed by atoms with Crippen LogP contribution in [0.3, 0.4) is 0 Å². The standard InChI is InChI=1S/C16H26N2O3/c1-10(2)21-15-7-6-14(8-11(15)3)18-16(20)17-13(5)12(4)9-19/h6-8,10,12-13,19H,9H2,1-5H3,(H2,17,18,20)/t12-,13-/m0/s1. The summed E-state index contributed by atoms with van der Waals surface area (Å²) in [7, 11) is 0. The monoisotopic (exact) mass is 294 g/mol. The first-order chi connectivity index (χ1) is 9.83. The molecule has 2 atom stereocenters. The van der Waals surface area contributed by atoms with Gasteiger partial charge in [-0.2, -0.15) is 0 Å². The number of aliphatic hydroxyl groups is 1. The summed E-state index contributed by atoms with van der Waals surface area (Å²) >= 11 is 0. The highest BCUT2D eigenvalue weighted by Gasteiger charge is 2.14. The molecule has 21 heavy (non-hydrogen) atoms. The van der Waals surface area contributed by atoms with Gasteiger partial charge in [-0.1, -0.05) is 6.92 Å². The zero-order valence-electron chi connectivity index (χ0n) is 13.4. The van der Waals surface area contributed by atoms with Gasteiger partial charge in [0.1, 0.15) is 5.75 Å². The molecule has 0 saturated carbocycles. The third-order valence-electron chi connectivity index (χ3n) is 3.30. The Labute approximate surface area is 126 Å². The number of aryl methyl sites for hydroxylation is 1. The molecule has 3 N–H and O–H groups in total. The average Bonchev–Trinajstić information content (AvgIpc) is 2.40. The van der Waals surface area contributed by atoms with Crippen LogP contribution < -0.4 is 15.4 Å². The number of amides is 2. The molecule has 0 aliphatic rings. The van der Waals surface area contributed by atoms with Crippen molar-refractivity contribution in [2.75, 3.05) is 11.9 Å². The van der Waals surface area contributed by atoms with Crippen LogP contribution in [0, 0.1) is 12.8 Å². The fourth-order valence-corrected chi connectivity index (χ4v) is 1.79.